The van der Waals surface area contributed by atoms with Crippen LogP contribution in [-0.4, -0.2) is 29.0 Å². The molecule has 0 saturated heterocycles. The summed E-state index contributed by atoms with van der Waals surface area (Å²) in [6.07, 6.45) is 0. The molecule has 4 rings (SSSR count). The Balaban J connectivity index is 1.92. The first-order chi connectivity index (χ1) is 14.0. The third-order valence-corrected chi connectivity index (χ3v) is 5.70. The Morgan fingerprint density at radius 3 is 2.62 bits per heavy atom. The molecule has 0 atom stereocenters. The molecule has 0 N–H and O–H groups in total. The summed E-state index contributed by atoms with van der Waals surface area (Å²) in [6, 6.07) is 12.9. The monoisotopic (exact) mass is 427 g/mol. The van der Waals surface area contributed by atoms with Crippen molar-refractivity contribution in [1.82, 2.24) is 14.8 Å². The van der Waals surface area contributed by atoms with E-state index in [1.807, 2.05) is 43.3 Å². The molecule has 2 heterocycles. The molecule has 0 amide bonds. The van der Waals surface area contributed by atoms with Crippen molar-refractivity contribution in [3.05, 3.63) is 68.4 Å². The summed E-state index contributed by atoms with van der Waals surface area (Å²) in [6.45, 7) is 2.18. The molecule has 0 saturated carbocycles. The number of methoxy groups -OCH3 is 2. The average molecular weight is 428 g/mol. The number of halogens is 1. The highest BCUT2D eigenvalue weighted by molar-refractivity contribution is 7.19. The molecule has 8 heteroatoms. The van der Waals surface area contributed by atoms with Crippen LogP contribution in [0.4, 0.5) is 0 Å². The number of fused-ring (bicyclic) bond motifs is 1. The quantitative estimate of drug-likeness (QED) is 0.467. The molecule has 148 valence electrons. The topological polar surface area (TPSA) is 66.2 Å². The van der Waals surface area contributed by atoms with Gasteiger partial charge in [0.1, 0.15) is 5.69 Å². The summed E-state index contributed by atoms with van der Waals surface area (Å²) >= 11 is 7.54. The van der Waals surface area contributed by atoms with Gasteiger partial charge < -0.3 is 9.47 Å². The van der Waals surface area contributed by atoms with Gasteiger partial charge in [-0.1, -0.05) is 23.7 Å². The van der Waals surface area contributed by atoms with E-state index >= 15 is 0 Å². The van der Waals surface area contributed by atoms with Crippen molar-refractivity contribution in [3.63, 3.8) is 0 Å². The average Bonchev–Trinajstić information content (AvgIpc) is 3.11. The van der Waals surface area contributed by atoms with Gasteiger partial charge in [-0.2, -0.15) is 5.10 Å². The van der Waals surface area contributed by atoms with Crippen molar-refractivity contribution in [3.8, 4) is 22.8 Å². The van der Waals surface area contributed by atoms with Crippen LogP contribution in [0.25, 0.3) is 21.5 Å². The second kappa shape index (κ2) is 7.85. The number of aryl methyl sites for hydroxylation is 1. The predicted octanol–water partition coefficient (Wildman–Crippen LogP) is 4.55. The van der Waals surface area contributed by atoms with Crippen LogP contribution in [0.3, 0.4) is 0 Å². The van der Waals surface area contributed by atoms with Crippen molar-refractivity contribution >= 4 is 33.2 Å². The van der Waals surface area contributed by atoms with Crippen molar-refractivity contribution in [2.24, 2.45) is 0 Å². The van der Waals surface area contributed by atoms with Crippen LogP contribution >= 0.6 is 22.9 Å². The third kappa shape index (κ3) is 3.71. The first-order valence-electron chi connectivity index (χ1n) is 8.85. The number of nitrogens with zero attached hydrogens (tertiary/aromatic N) is 3. The first kappa shape index (κ1) is 19.4. The molecule has 0 spiro atoms. The highest BCUT2D eigenvalue weighted by atomic mass is 35.5. The van der Waals surface area contributed by atoms with Gasteiger partial charge in [0, 0.05) is 10.6 Å². The Labute approximate surface area is 176 Å². The van der Waals surface area contributed by atoms with E-state index in [1.54, 1.807) is 20.3 Å². The molecule has 29 heavy (non-hydrogen) atoms. The second-order valence-electron chi connectivity index (χ2n) is 6.42. The Hall–Kier alpha value is -2.90. The second-order valence-corrected chi connectivity index (χ2v) is 8.06. The Morgan fingerprint density at radius 1 is 1.10 bits per heavy atom. The van der Waals surface area contributed by atoms with Gasteiger partial charge in [-0.3, -0.25) is 4.79 Å². The van der Waals surface area contributed by atoms with Crippen molar-refractivity contribution < 1.29 is 9.47 Å². The molecular formula is C21H18ClN3O3S. The fourth-order valence-corrected chi connectivity index (χ4v) is 4.28. The number of thiazole rings is 1. The maximum absolute atomic E-state index is 13.0. The molecular weight excluding hydrogens is 410 g/mol. The van der Waals surface area contributed by atoms with Gasteiger partial charge in [0.05, 0.1) is 30.5 Å². The number of hydrogen-bond donors (Lipinski definition) is 0. The molecule has 0 unspecified atom stereocenters. The van der Waals surface area contributed by atoms with Gasteiger partial charge in [-0.05, 0) is 42.8 Å². The lowest BCUT2D eigenvalue weighted by Gasteiger charge is -2.12. The zero-order valence-corrected chi connectivity index (χ0v) is 17.7. The van der Waals surface area contributed by atoms with E-state index in [0.717, 1.165) is 20.8 Å². The van der Waals surface area contributed by atoms with Crippen molar-refractivity contribution in [2.75, 3.05) is 14.2 Å². The SMILES string of the molecule is COc1ccc(-c2nn(Cc3cccc(Cl)c3)c(=O)c3nc(C)sc23)cc1OC. The standard InChI is InChI=1S/C21H18ClN3O3S/c1-12-23-19-20(29-12)18(14-7-8-16(27-2)17(10-14)28-3)24-25(21(19)26)11-13-5-4-6-15(22)9-13/h4-10H,11H2,1-3H3. The van der Waals surface area contributed by atoms with E-state index in [2.05, 4.69) is 10.1 Å². The van der Waals surface area contributed by atoms with E-state index in [-0.39, 0.29) is 5.56 Å². The van der Waals surface area contributed by atoms with E-state index in [9.17, 15) is 4.79 Å². The minimum absolute atomic E-state index is 0.228. The minimum Gasteiger partial charge on any atom is -0.493 e. The molecule has 0 radical (unpaired) electrons. The van der Waals surface area contributed by atoms with E-state index in [0.29, 0.717) is 34.3 Å². The number of aromatic nitrogens is 3. The fourth-order valence-electron chi connectivity index (χ4n) is 3.15. The highest BCUT2D eigenvalue weighted by Crippen LogP contribution is 2.35. The van der Waals surface area contributed by atoms with Crippen LogP contribution in [0.5, 0.6) is 11.5 Å². The van der Waals surface area contributed by atoms with Gasteiger partial charge >= 0.3 is 0 Å². The van der Waals surface area contributed by atoms with Crippen LogP contribution in [0.1, 0.15) is 10.6 Å². The summed E-state index contributed by atoms with van der Waals surface area (Å²) < 4.78 is 12.9. The smallest absolute Gasteiger partial charge is 0.294 e. The van der Waals surface area contributed by atoms with Gasteiger partial charge in [-0.15, -0.1) is 11.3 Å². The fraction of sp³-hybridized carbons (Fsp3) is 0.190. The van der Waals surface area contributed by atoms with Crippen molar-refractivity contribution in [1.29, 1.82) is 0 Å². The number of benzene rings is 2. The van der Waals surface area contributed by atoms with Crippen LogP contribution in [0.15, 0.2) is 47.3 Å². The van der Waals surface area contributed by atoms with Crippen LogP contribution in [-0.2, 0) is 6.54 Å². The zero-order chi connectivity index (χ0) is 20.5. The molecule has 0 aliphatic carbocycles. The largest absolute Gasteiger partial charge is 0.493 e. The summed E-state index contributed by atoms with van der Waals surface area (Å²) in [4.78, 5) is 17.5. The van der Waals surface area contributed by atoms with Gasteiger partial charge in [0.25, 0.3) is 5.56 Å². The third-order valence-electron chi connectivity index (χ3n) is 4.49. The maximum atomic E-state index is 13.0. The van der Waals surface area contributed by atoms with Gasteiger partial charge in [0.2, 0.25) is 0 Å². The van der Waals surface area contributed by atoms with Crippen LogP contribution in [0.2, 0.25) is 5.02 Å². The summed E-state index contributed by atoms with van der Waals surface area (Å²) in [5.41, 5.74) is 2.56. The molecule has 0 aliphatic rings. The molecule has 4 aromatic rings. The summed E-state index contributed by atoms with van der Waals surface area (Å²) in [5, 5.41) is 6.09. The molecule has 0 fully saturated rings. The highest BCUT2D eigenvalue weighted by Gasteiger charge is 2.18. The molecule has 0 aliphatic heterocycles. The lowest BCUT2D eigenvalue weighted by atomic mass is 10.1. The lowest BCUT2D eigenvalue weighted by molar-refractivity contribution is 0.355. The summed E-state index contributed by atoms with van der Waals surface area (Å²) in [7, 11) is 3.17. The van der Waals surface area contributed by atoms with Crippen LogP contribution < -0.4 is 15.0 Å². The molecule has 2 aromatic heterocycles. The van der Waals surface area contributed by atoms with Gasteiger partial charge in [-0.25, -0.2) is 9.67 Å². The Morgan fingerprint density at radius 2 is 1.90 bits per heavy atom. The lowest BCUT2D eigenvalue weighted by Crippen LogP contribution is -2.24. The Bertz CT molecular complexity index is 1270. The van der Waals surface area contributed by atoms with Crippen LogP contribution in [0, 0.1) is 6.92 Å². The molecule has 6 nitrogen and oxygen atoms in total. The maximum Gasteiger partial charge on any atom is 0.294 e. The minimum atomic E-state index is -0.228. The number of hydrogen-bond acceptors (Lipinski definition) is 6. The summed E-state index contributed by atoms with van der Waals surface area (Å²) in [5.74, 6) is 1.22. The molecule has 2 aromatic carbocycles. The zero-order valence-electron chi connectivity index (χ0n) is 16.1. The van der Waals surface area contributed by atoms with Crippen molar-refractivity contribution in [2.45, 2.75) is 13.5 Å². The normalized spacial score (nSPS) is 11.0. The number of rotatable bonds is 5. The Kier molecular flexibility index (Phi) is 5.25. The van der Waals surface area contributed by atoms with E-state index in [4.69, 9.17) is 21.1 Å². The first-order valence-corrected chi connectivity index (χ1v) is 10.0. The van der Waals surface area contributed by atoms with E-state index < -0.39 is 0 Å². The van der Waals surface area contributed by atoms with Gasteiger partial charge in [0.15, 0.2) is 17.0 Å². The molecule has 0 bridgehead atoms. The predicted molar refractivity (Wildman–Crippen MR) is 116 cm³/mol. The van der Waals surface area contributed by atoms with E-state index in [1.165, 1.54) is 16.0 Å². The number of ether oxygens (including phenoxy) is 2.